The number of rotatable bonds is 2. The van der Waals surface area contributed by atoms with Crippen LogP contribution in [0.5, 0.6) is 0 Å². The van der Waals surface area contributed by atoms with Gasteiger partial charge in [-0.2, -0.15) is 0 Å². The van der Waals surface area contributed by atoms with Crippen LogP contribution in [-0.4, -0.2) is 32.0 Å². The molecule has 0 saturated heterocycles. The van der Waals surface area contributed by atoms with E-state index in [1.54, 1.807) is 0 Å². The monoisotopic (exact) mass is 281 g/mol. The van der Waals surface area contributed by atoms with E-state index in [9.17, 15) is 4.79 Å². The summed E-state index contributed by atoms with van der Waals surface area (Å²) in [5.74, 6) is 1.35. The van der Waals surface area contributed by atoms with E-state index in [4.69, 9.17) is 4.74 Å². The quantitative estimate of drug-likeness (QED) is 0.551. The normalized spacial score (nSPS) is 33.7. The second-order valence-electron chi connectivity index (χ2n) is 7.59. The molecule has 2 bridgehead atoms. The molecule has 4 heteroatoms. The summed E-state index contributed by atoms with van der Waals surface area (Å²) < 4.78 is 5.86. The molecular formula is C15H27BO2P. The van der Waals surface area contributed by atoms with E-state index in [1.165, 1.54) is 12.8 Å². The van der Waals surface area contributed by atoms with Gasteiger partial charge in [0.2, 0.25) is 0 Å². The molecule has 0 unspecified atom stereocenters. The van der Waals surface area contributed by atoms with Crippen molar-refractivity contribution < 1.29 is 9.53 Å². The highest BCUT2D eigenvalue weighted by Gasteiger charge is 2.55. The SMILES string of the molecule is C[P@@](C(=O)O[C@@H]1C[C@@H]2CC[C@H]1C2(C)C)C(C)(C)C.[B]. The maximum atomic E-state index is 12.2. The van der Waals surface area contributed by atoms with Crippen LogP contribution in [0, 0.1) is 17.3 Å². The summed E-state index contributed by atoms with van der Waals surface area (Å²) in [6.45, 7) is 13.1. The molecule has 19 heavy (non-hydrogen) atoms. The summed E-state index contributed by atoms with van der Waals surface area (Å²) in [6.07, 6.45) is 3.86. The van der Waals surface area contributed by atoms with Crippen LogP contribution in [0.15, 0.2) is 0 Å². The van der Waals surface area contributed by atoms with Gasteiger partial charge in [-0.1, -0.05) is 34.6 Å². The van der Waals surface area contributed by atoms with Gasteiger partial charge in [-0.05, 0) is 42.4 Å². The number of carbonyl (C=O) groups excluding carboxylic acids is 1. The molecule has 2 rings (SSSR count). The Hall–Kier alpha value is -0.0351. The fourth-order valence-electron chi connectivity index (χ4n) is 3.57. The summed E-state index contributed by atoms with van der Waals surface area (Å²) in [7, 11) is -0.700. The van der Waals surface area contributed by atoms with Crippen LogP contribution in [0.4, 0.5) is 4.79 Å². The van der Waals surface area contributed by atoms with Crippen molar-refractivity contribution >= 4 is 22.0 Å². The maximum absolute atomic E-state index is 12.2. The lowest BCUT2D eigenvalue weighted by atomic mass is 9.82. The minimum atomic E-state index is -0.700. The van der Waals surface area contributed by atoms with Crippen molar-refractivity contribution in [3.8, 4) is 0 Å². The lowest BCUT2D eigenvalue weighted by Gasteiger charge is -2.30. The van der Waals surface area contributed by atoms with E-state index in [0.717, 1.165) is 12.3 Å². The molecule has 107 valence electrons. The predicted octanol–water partition coefficient (Wildman–Crippen LogP) is 4.48. The molecule has 0 aromatic rings. The van der Waals surface area contributed by atoms with Crippen molar-refractivity contribution in [3.63, 3.8) is 0 Å². The van der Waals surface area contributed by atoms with E-state index in [1.807, 2.05) is 0 Å². The number of hydrogen-bond acceptors (Lipinski definition) is 2. The van der Waals surface area contributed by atoms with E-state index < -0.39 is 7.92 Å². The van der Waals surface area contributed by atoms with Crippen LogP contribution < -0.4 is 0 Å². The third kappa shape index (κ3) is 3.02. The van der Waals surface area contributed by atoms with Crippen LogP contribution >= 0.6 is 7.92 Å². The Morgan fingerprint density at radius 1 is 1.26 bits per heavy atom. The fraction of sp³-hybridized carbons (Fsp3) is 0.933. The molecule has 2 aliphatic carbocycles. The summed E-state index contributed by atoms with van der Waals surface area (Å²) >= 11 is 0. The van der Waals surface area contributed by atoms with Crippen LogP contribution in [0.2, 0.25) is 0 Å². The van der Waals surface area contributed by atoms with Gasteiger partial charge in [0.15, 0.2) is 0 Å². The van der Waals surface area contributed by atoms with Crippen molar-refractivity contribution in [1.29, 1.82) is 0 Å². The molecule has 0 amide bonds. The topological polar surface area (TPSA) is 26.3 Å². The van der Waals surface area contributed by atoms with Crippen molar-refractivity contribution in [1.82, 2.24) is 0 Å². The first-order valence-electron chi connectivity index (χ1n) is 7.08. The van der Waals surface area contributed by atoms with E-state index in [-0.39, 0.29) is 25.4 Å². The molecule has 0 spiro atoms. The first-order chi connectivity index (χ1) is 8.14. The van der Waals surface area contributed by atoms with Crippen LogP contribution in [0.25, 0.3) is 0 Å². The number of ether oxygens (including phenoxy) is 1. The molecule has 4 atom stereocenters. The smallest absolute Gasteiger partial charge is 0.326 e. The molecule has 3 radical (unpaired) electrons. The van der Waals surface area contributed by atoms with E-state index in [0.29, 0.717) is 11.3 Å². The number of fused-ring (bicyclic) bond motifs is 2. The average molecular weight is 281 g/mol. The Morgan fingerprint density at radius 2 is 1.84 bits per heavy atom. The van der Waals surface area contributed by atoms with Gasteiger partial charge in [0.25, 0.3) is 0 Å². The first kappa shape index (κ1) is 17.0. The second-order valence-corrected chi connectivity index (χ2v) is 10.4. The van der Waals surface area contributed by atoms with Gasteiger partial charge in [-0.3, -0.25) is 0 Å². The van der Waals surface area contributed by atoms with Gasteiger partial charge in [0.1, 0.15) is 6.10 Å². The van der Waals surface area contributed by atoms with Gasteiger partial charge < -0.3 is 4.74 Å². The molecule has 2 saturated carbocycles. The van der Waals surface area contributed by atoms with Gasteiger partial charge in [0.05, 0.1) is 0 Å². The Morgan fingerprint density at radius 3 is 2.21 bits per heavy atom. The average Bonchev–Trinajstić information content (AvgIpc) is 2.64. The van der Waals surface area contributed by atoms with E-state index >= 15 is 0 Å². The third-order valence-corrected chi connectivity index (χ3v) is 8.00. The molecule has 0 aromatic heterocycles. The maximum Gasteiger partial charge on any atom is 0.326 e. The molecule has 2 fully saturated rings. The Labute approximate surface area is 121 Å². The summed E-state index contributed by atoms with van der Waals surface area (Å²) in [6, 6.07) is 0. The zero-order valence-electron chi connectivity index (χ0n) is 13.2. The standard InChI is InChI=1S/C15H27O2P.B/c1-14(2,3)18(6)13(16)17-12-9-10-7-8-11(12)15(10,4)5;/h10-12H,7-9H2,1-6H3;/t10-,11+,12+,18-;/m0./s1. The largest absolute Gasteiger partial charge is 0.459 e. The summed E-state index contributed by atoms with van der Waals surface area (Å²) in [5.41, 5.74) is 0.439. The number of carbonyl (C=O) groups is 1. The van der Waals surface area contributed by atoms with Crippen LogP contribution in [0.3, 0.4) is 0 Å². The third-order valence-electron chi connectivity index (χ3n) is 5.33. The summed E-state index contributed by atoms with van der Waals surface area (Å²) in [5, 5.41) is 0.0551. The second kappa shape index (κ2) is 5.39. The first-order valence-corrected chi connectivity index (χ1v) is 8.87. The zero-order chi connectivity index (χ0) is 13.7. The highest BCUT2D eigenvalue weighted by atomic mass is 31.1. The zero-order valence-corrected chi connectivity index (χ0v) is 14.1. The molecule has 2 nitrogen and oxygen atoms in total. The van der Waals surface area contributed by atoms with Crippen molar-refractivity contribution in [2.45, 2.75) is 65.1 Å². The number of hydrogen-bond donors (Lipinski definition) is 0. The van der Waals surface area contributed by atoms with Gasteiger partial charge in [-0.15, -0.1) is 0 Å². The van der Waals surface area contributed by atoms with Crippen molar-refractivity contribution in [2.24, 2.45) is 17.3 Å². The fourth-order valence-corrected chi connectivity index (χ4v) is 4.41. The summed E-state index contributed by atoms with van der Waals surface area (Å²) in [4.78, 5) is 12.2. The van der Waals surface area contributed by atoms with Crippen LogP contribution in [-0.2, 0) is 4.74 Å². The highest BCUT2D eigenvalue weighted by Crippen LogP contribution is 2.59. The Bertz CT molecular complexity index is 349. The molecule has 2 aliphatic rings. The lowest BCUT2D eigenvalue weighted by Crippen LogP contribution is -2.28. The minimum Gasteiger partial charge on any atom is -0.459 e. The minimum absolute atomic E-state index is 0. The van der Waals surface area contributed by atoms with Crippen LogP contribution in [0.1, 0.15) is 53.9 Å². The van der Waals surface area contributed by atoms with Crippen molar-refractivity contribution in [2.75, 3.05) is 6.66 Å². The highest BCUT2D eigenvalue weighted by molar-refractivity contribution is 7.74. The molecule has 0 aromatic carbocycles. The molecule has 0 heterocycles. The molecule has 0 aliphatic heterocycles. The Balaban J connectivity index is 0.00000180. The van der Waals surface area contributed by atoms with Crippen molar-refractivity contribution in [3.05, 3.63) is 0 Å². The molecular weight excluding hydrogens is 254 g/mol. The van der Waals surface area contributed by atoms with Gasteiger partial charge in [-0.25, -0.2) is 4.79 Å². The Kier molecular flexibility index (Phi) is 4.83. The van der Waals surface area contributed by atoms with E-state index in [2.05, 4.69) is 41.3 Å². The predicted molar refractivity (Wildman–Crippen MR) is 83.2 cm³/mol. The van der Waals surface area contributed by atoms with Gasteiger partial charge in [0, 0.05) is 22.3 Å². The van der Waals surface area contributed by atoms with Gasteiger partial charge >= 0.3 is 5.71 Å². The molecule has 0 N–H and O–H groups in total. The lowest BCUT2D eigenvalue weighted by molar-refractivity contribution is 0.0718.